The quantitative estimate of drug-likeness (QED) is 0.609. The van der Waals surface area contributed by atoms with Crippen molar-refractivity contribution in [1.82, 2.24) is 9.80 Å². The van der Waals surface area contributed by atoms with Crippen molar-refractivity contribution < 1.29 is 18.7 Å². The molecule has 184 valence electrons. The van der Waals surface area contributed by atoms with Gasteiger partial charge in [0.1, 0.15) is 16.9 Å². The van der Waals surface area contributed by atoms with Gasteiger partial charge >= 0.3 is 0 Å². The zero-order chi connectivity index (χ0) is 25.6. The molecular formula is C26H22ClFN4O3S. The first kappa shape index (κ1) is 24.1. The molecule has 0 bridgehead atoms. The van der Waals surface area contributed by atoms with Gasteiger partial charge in [-0.25, -0.2) is 4.39 Å². The summed E-state index contributed by atoms with van der Waals surface area (Å²) in [4.78, 5) is 28.9. The maximum absolute atomic E-state index is 15.8. The molecule has 36 heavy (non-hydrogen) atoms. The second-order valence-electron chi connectivity index (χ2n) is 8.67. The lowest BCUT2D eigenvalue weighted by Gasteiger charge is -2.42. The SMILES string of the molecule is C=CC(=O)N1CCN2C(=O)c3cc(F)c(C4=c5c(C#N)c(N)sc5=CC=CC4)c(Cl)c3OCCC2C1. The number of fused-ring (bicyclic) bond motifs is 3. The van der Waals surface area contributed by atoms with Gasteiger partial charge in [-0.2, -0.15) is 5.26 Å². The Labute approximate surface area is 215 Å². The number of piperazine rings is 1. The summed E-state index contributed by atoms with van der Waals surface area (Å²) in [7, 11) is 0. The highest BCUT2D eigenvalue weighted by molar-refractivity contribution is 7.14. The van der Waals surface area contributed by atoms with Gasteiger partial charge in [0, 0.05) is 41.4 Å². The largest absolute Gasteiger partial charge is 0.491 e. The van der Waals surface area contributed by atoms with Crippen molar-refractivity contribution in [1.29, 1.82) is 5.26 Å². The highest BCUT2D eigenvalue weighted by Crippen LogP contribution is 2.40. The number of hydrogen-bond donors (Lipinski definition) is 1. The summed E-state index contributed by atoms with van der Waals surface area (Å²) in [5.74, 6) is -1.15. The molecular weight excluding hydrogens is 503 g/mol. The van der Waals surface area contributed by atoms with Crippen molar-refractivity contribution in [2.45, 2.75) is 18.9 Å². The second-order valence-corrected chi connectivity index (χ2v) is 10.1. The van der Waals surface area contributed by atoms with Gasteiger partial charge in [-0.1, -0.05) is 30.3 Å². The Morgan fingerprint density at radius 1 is 1.42 bits per heavy atom. The number of halogens is 2. The van der Waals surface area contributed by atoms with E-state index >= 15 is 4.39 Å². The predicted octanol–water partition coefficient (Wildman–Crippen LogP) is 2.56. The van der Waals surface area contributed by atoms with Crippen LogP contribution in [0, 0.1) is 17.1 Å². The summed E-state index contributed by atoms with van der Waals surface area (Å²) in [6.07, 6.45) is 7.57. The average Bonchev–Trinajstić information content (AvgIpc) is 3.05. The summed E-state index contributed by atoms with van der Waals surface area (Å²) in [5.41, 5.74) is 6.99. The first-order valence-corrected chi connectivity index (χ1v) is 12.6. The third kappa shape index (κ3) is 3.87. The normalized spacial score (nSPS) is 19.0. The van der Waals surface area contributed by atoms with Crippen LogP contribution in [0.25, 0.3) is 11.6 Å². The topological polar surface area (TPSA) is 99.7 Å². The van der Waals surface area contributed by atoms with E-state index < -0.39 is 11.7 Å². The summed E-state index contributed by atoms with van der Waals surface area (Å²) in [6, 6.07) is 3.02. The first-order chi connectivity index (χ1) is 17.3. The molecule has 2 aliphatic heterocycles. The van der Waals surface area contributed by atoms with E-state index in [1.54, 1.807) is 9.80 Å². The van der Waals surface area contributed by atoms with Gasteiger partial charge in [0.2, 0.25) is 5.91 Å². The number of carbonyl (C=O) groups excluding carboxylic acids is 2. The lowest BCUT2D eigenvalue weighted by atomic mass is 9.95. The Morgan fingerprint density at radius 2 is 2.22 bits per heavy atom. The zero-order valence-corrected chi connectivity index (χ0v) is 20.8. The van der Waals surface area contributed by atoms with Crippen LogP contribution in [0.1, 0.15) is 34.3 Å². The number of amides is 2. The number of nitrogen functional groups attached to an aromatic ring is 1. The fraction of sp³-hybridized carbons (Fsp3) is 0.269. The third-order valence-electron chi connectivity index (χ3n) is 6.71. The van der Waals surface area contributed by atoms with Crippen LogP contribution in [0.4, 0.5) is 9.39 Å². The molecule has 1 aliphatic carbocycles. The van der Waals surface area contributed by atoms with Gasteiger partial charge in [0.15, 0.2) is 5.75 Å². The van der Waals surface area contributed by atoms with E-state index in [1.807, 2.05) is 18.2 Å². The maximum Gasteiger partial charge on any atom is 0.258 e. The summed E-state index contributed by atoms with van der Waals surface area (Å²) >= 11 is 8.02. The van der Waals surface area contributed by atoms with Crippen molar-refractivity contribution >= 4 is 51.4 Å². The molecule has 10 heteroatoms. The summed E-state index contributed by atoms with van der Waals surface area (Å²) in [5, 5.41) is 10.6. The molecule has 2 N–H and O–H groups in total. The molecule has 2 amide bonds. The van der Waals surface area contributed by atoms with Gasteiger partial charge in [-0.3, -0.25) is 9.59 Å². The number of ether oxygens (including phenoxy) is 1. The molecule has 1 aromatic carbocycles. The standard InChI is InChI=1S/C26H22ClFN4O3S/c1-2-20(33)31-8-9-32-14(13-31)7-10-35-24-16(26(32)34)11-18(28)22(23(24)27)15-5-3-4-6-19-21(15)17(12-29)25(30)36-19/h2-4,6,11,14H,1,5,7-10,13,30H2. The van der Waals surface area contributed by atoms with E-state index in [4.69, 9.17) is 22.1 Å². The number of thiophene rings is 1. The first-order valence-electron chi connectivity index (χ1n) is 11.4. The molecule has 7 nitrogen and oxygen atoms in total. The average molecular weight is 525 g/mol. The molecule has 1 saturated heterocycles. The number of rotatable bonds is 2. The maximum atomic E-state index is 15.8. The third-order valence-corrected chi connectivity index (χ3v) is 8.06. The highest BCUT2D eigenvalue weighted by atomic mass is 35.5. The summed E-state index contributed by atoms with van der Waals surface area (Å²) in [6.45, 7) is 4.78. The van der Waals surface area contributed by atoms with E-state index in [1.165, 1.54) is 17.4 Å². The number of benzene rings is 1. The van der Waals surface area contributed by atoms with Crippen LogP contribution < -0.4 is 20.2 Å². The smallest absolute Gasteiger partial charge is 0.258 e. The monoisotopic (exact) mass is 524 g/mol. The molecule has 0 saturated carbocycles. The molecule has 3 heterocycles. The van der Waals surface area contributed by atoms with Gasteiger partial charge in [0.25, 0.3) is 5.91 Å². The summed E-state index contributed by atoms with van der Waals surface area (Å²) < 4.78 is 22.5. The van der Waals surface area contributed by atoms with E-state index in [0.717, 1.165) is 10.6 Å². The molecule has 1 fully saturated rings. The minimum Gasteiger partial charge on any atom is -0.491 e. The molecule has 2 aromatic rings. The van der Waals surface area contributed by atoms with Crippen molar-refractivity contribution in [3.63, 3.8) is 0 Å². The second kappa shape index (κ2) is 9.45. The molecule has 1 aromatic heterocycles. The molecule has 1 unspecified atom stereocenters. The minimum atomic E-state index is -0.682. The predicted molar refractivity (Wildman–Crippen MR) is 137 cm³/mol. The zero-order valence-electron chi connectivity index (χ0n) is 19.2. The Balaban J connectivity index is 1.64. The number of nitrogens with zero attached hydrogens (tertiary/aromatic N) is 3. The Bertz CT molecular complexity index is 1510. The fourth-order valence-corrected chi connectivity index (χ4v) is 6.32. The van der Waals surface area contributed by atoms with Gasteiger partial charge in [-0.15, -0.1) is 11.3 Å². The van der Waals surface area contributed by atoms with Crippen LogP contribution in [0.3, 0.4) is 0 Å². The van der Waals surface area contributed by atoms with Crippen LogP contribution in [-0.4, -0.2) is 53.9 Å². The van der Waals surface area contributed by atoms with E-state index in [2.05, 4.69) is 12.6 Å². The van der Waals surface area contributed by atoms with Crippen LogP contribution in [0.2, 0.25) is 5.02 Å². The van der Waals surface area contributed by atoms with Crippen molar-refractivity contribution in [2.24, 2.45) is 0 Å². The van der Waals surface area contributed by atoms with Crippen LogP contribution in [0.15, 0.2) is 30.9 Å². The Kier molecular flexibility index (Phi) is 6.33. The fourth-order valence-electron chi connectivity index (χ4n) is 4.99. The van der Waals surface area contributed by atoms with Crippen molar-refractivity contribution in [3.8, 4) is 11.8 Å². The number of carbonyl (C=O) groups is 2. The van der Waals surface area contributed by atoms with Gasteiger partial charge in [0.05, 0.1) is 28.8 Å². The lowest BCUT2D eigenvalue weighted by Crippen LogP contribution is -2.57. The minimum absolute atomic E-state index is 0.0119. The highest BCUT2D eigenvalue weighted by Gasteiger charge is 2.36. The van der Waals surface area contributed by atoms with E-state index in [0.29, 0.717) is 48.3 Å². The van der Waals surface area contributed by atoms with Gasteiger partial charge in [-0.05, 0) is 30.2 Å². The number of nitriles is 1. The Morgan fingerprint density at radius 3 is 2.97 bits per heavy atom. The van der Waals surface area contributed by atoms with E-state index in [9.17, 15) is 14.9 Å². The van der Waals surface area contributed by atoms with Crippen LogP contribution in [-0.2, 0) is 4.79 Å². The number of allylic oxidation sites excluding steroid dienone is 2. The van der Waals surface area contributed by atoms with Crippen molar-refractivity contribution in [3.05, 3.63) is 68.2 Å². The van der Waals surface area contributed by atoms with Crippen LogP contribution in [0.5, 0.6) is 5.75 Å². The molecule has 3 aliphatic rings. The van der Waals surface area contributed by atoms with Crippen molar-refractivity contribution in [2.75, 3.05) is 32.0 Å². The number of nitrogens with two attached hydrogens (primary N) is 1. The number of hydrogen-bond acceptors (Lipinski definition) is 6. The molecule has 1 atom stereocenters. The van der Waals surface area contributed by atoms with Gasteiger partial charge < -0.3 is 20.3 Å². The van der Waals surface area contributed by atoms with Crippen LogP contribution >= 0.6 is 22.9 Å². The van der Waals surface area contributed by atoms with E-state index in [-0.39, 0.29) is 46.0 Å². The molecule has 0 radical (unpaired) electrons. The lowest BCUT2D eigenvalue weighted by molar-refractivity contribution is -0.128. The molecule has 5 rings (SSSR count). The Hall–Kier alpha value is -3.61. The number of anilines is 1. The molecule has 0 spiro atoms.